The maximum Gasteiger partial charge on any atom is 0.259 e. The van der Waals surface area contributed by atoms with Crippen molar-refractivity contribution in [1.29, 1.82) is 0 Å². The number of aromatic nitrogens is 2. The van der Waals surface area contributed by atoms with Crippen LogP contribution in [0.25, 0.3) is 22.8 Å². The van der Waals surface area contributed by atoms with Gasteiger partial charge in [-0.3, -0.25) is 0 Å². The lowest BCUT2D eigenvalue weighted by Crippen LogP contribution is -1.84. The number of nitrogens with zero attached hydrogens (tertiary/aromatic N) is 2. The Labute approximate surface area is 120 Å². The Morgan fingerprint density at radius 3 is 2.60 bits per heavy atom. The summed E-state index contributed by atoms with van der Waals surface area (Å²) in [6, 6.07) is 12.2. The number of benzene rings is 2. The van der Waals surface area contributed by atoms with Gasteiger partial charge in [-0.25, -0.2) is 0 Å². The summed E-state index contributed by atoms with van der Waals surface area (Å²) in [6.07, 6.45) is 0. The van der Waals surface area contributed by atoms with Gasteiger partial charge in [-0.1, -0.05) is 28.9 Å². The molecule has 0 aliphatic rings. The molecule has 0 atom stereocenters. The lowest BCUT2D eigenvalue weighted by atomic mass is 10.1. The van der Waals surface area contributed by atoms with Crippen LogP contribution in [-0.2, 0) is 0 Å². The molecule has 2 aromatic carbocycles. The van der Waals surface area contributed by atoms with Gasteiger partial charge in [0, 0.05) is 5.56 Å². The standard InChI is InChI=1S/C15H11ClN2O2/c1-9-3-2-4-12(13(9)16)15-17-14(18-20-15)10-5-7-11(19)8-6-10/h2-8,19H,1H3. The van der Waals surface area contributed by atoms with E-state index in [1.807, 2.05) is 25.1 Å². The molecular weight excluding hydrogens is 276 g/mol. The number of phenols is 1. The first-order valence-electron chi connectivity index (χ1n) is 6.04. The molecule has 5 heteroatoms. The first-order valence-corrected chi connectivity index (χ1v) is 6.41. The molecule has 0 unspecified atom stereocenters. The molecule has 3 aromatic rings. The van der Waals surface area contributed by atoms with Gasteiger partial charge < -0.3 is 9.63 Å². The second kappa shape index (κ2) is 4.98. The SMILES string of the molecule is Cc1cccc(-c2nc(-c3ccc(O)cc3)no2)c1Cl. The van der Waals surface area contributed by atoms with Gasteiger partial charge in [0.25, 0.3) is 5.89 Å². The van der Waals surface area contributed by atoms with Crippen molar-refractivity contribution in [2.24, 2.45) is 0 Å². The van der Waals surface area contributed by atoms with Crippen LogP contribution in [0.2, 0.25) is 5.02 Å². The van der Waals surface area contributed by atoms with Crippen molar-refractivity contribution < 1.29 is 9.63 Å². The summed E-state index contributed by atoms with van der Waals surface area (Å²) in [5.41, 5.74) is 2.43. The van der Waals surface area contributed by atoms with Gasteiger partial charge in [0.05, 0.1) is 10.6 Å². The van der Waals surface area contributed by atoms with Gasteiger partial charge >= 0.3 is 0 Å². The van der Waals surface area contributed by atoms with Gasteiger partial charge in [0.2, 0.25) is 5.82 Å². The molecular formula is C15H11ClN2O2. The molecule has 0 bridgehead atoms. The molecule has 1 N–H and O–H groups in total. The first-order chi connectivity index (χ1) is 9.65. The molecule has 20 heavy (non-hydrogen) atoms. The number of rotatable bonds is 2. The van der Waals surface area contributed by atoms with Crippen molar-refractivity contribution in [3.63, 3.8) is 0 Å². The van der Waals surface area contributed by atoms with Crippen molar-refractivity contribution in [1.82, 2.24) is 10.1 Å². The van der Waals surface area contributed by atoms with E-state index in [-0.39, 0.29) is 5.75 Å². The summed E-state index contributed by atoms with van der Waals surface area (Å²) < 4.78 is 5.26. The van der Waals surface area contributed by atoms with E-state index in [0.29, 0.717) is 22.3 Å². The molecule has 1 aromatic heterocycles. The molecule has 0 radical (unpaired) electrons. The average molecular weight is 287 g/mol. The molecule has 1 heterocycles. The van der Waals surface area contributed by atoms with Crippen LogP contribution in [0, 0.1) is 6.92 Å². The molecule has 0 amide bonds. The smallest absolute Gasteiger partial charge is 0.259 e. The van der Waals surface area contributed by atoms with E-state index in [2.05, 4.69) is 10.1 Å². The van der Waals surface area contributed by atoms with Crippen LogP contribution >= 0.6 is 11.6 Å². The van der Waals surface area contributed by atoms with Crippen LogP contribution in [0.3, 0.4) is 0 Å². The quantitative estimate of drug-likeness (QED) is 0.771. The third-order valence-corrected chi connectivity index (χ3v) is 3.48. The Kier molecular flexibility index (Phi) is 3.16. The van der Waals surface area contributed by atoms with Gasteiger partial charge in [-0.15, -0.1) is 0 Å². The first kappa shape index (κ1) is 12.7. The molecule has 0 saturated carbocycles. The third kappa shape index (κ3) is 2.26. The van der Waals surface area contributed by atoms with Crippen molar-refractivity contribution >= 4 is 11.6 Å². The van der Waals surface area contributed by atoms with Crippen LogP contribution < -0.4 is 0 Å². The van der Waals surface area contributed by atoms with Gasteiger partial charge in [-0.05, 0) is 42.8 Å². The number of hydrogen-bond donors (Lipinski definition) is 1. The van der Waals surface area contributed by atoms with Crippen LogP contribution in [-0.4, -0.2) is 15.2 Å². The number of phenolic OH excluding ortho intramolecular Hbond substituents is 1. The Balaban J connectivity index is 2.02. The summed E-state index contributed by atoms with van der Waals surface area (Å²) in [4.78, 5) is 4.34. The highest BCUT2D eigenvalue weighted by molar-refractivity contribution is 6.33. The number of halogens is 1. The maximum atomic E-state index is 9.27. The summed E-state index contributed by atoms with van der Waals surface area (Å²) in [5.74, 6) is 1.03. The third-order valence-electron chi connectivity index (χ3n) is 2.97. The summed E-state index contributed by atoms with van der Waals surface area (Å²) in [5, 5.41) is 13.8. The summed E-state index contributed by atoms with van der Waals surface area (Å²) in [6.45, 7) is 1.92. The largest absolute Gasteiger partial charge is 0.508 e. The normalized spacial score (nSPS) is 10.7. The molecule has 4 nitrogen and oxygen atoms in total. The fraction of sp³-hybridized carbons (Fsp3) is 0.0667. The van der Waals surface area contributed by atoms with E-state index in [0.717, 1.165) is 11.1 Å². The highest BCUT2D eigenvalue weighted by Crippen LogP contribution is 2.30. The number of hydrogen-bond acceptors (Lipinski definition) is 4. The number of aryl methyl sites for hydroxylation is 1. The zero-order valence-corrected chi connectivity index (χ0v) is 11.4. The molecule has 0 aliphatic heterocycles. The second-order valence-electron chi connectivity index (χ2n) is 4.41. The van der Waals surface area contributed by atoms with E-state index < -0.39 is 0 Å². The summed E-state index contributed by atoms with van der Waals surface area (Å²) >= 11 is 6.24. The lowest BCUT2D eigenvalue weighted by Gasteiger charge is -2.01. The van der Waals surface area contributed by atoms with Gasteiger partial charge in [-0.2, -0.15) is 4.98 Å². The molecule has 3 rings (SSSR count). The lowest BCUT2D eigenvalue weighted by molar-refractivity contribution is 0.432. The van der Waals surface area contributed by atoms with E-state index in [1.165, 1.54) is 0 Å². The molecule has 100 valence electrons. The predicted molar refractivity (Wildman–Crippen MR) is 76.6 cm³/mol. The highest BCUT2D eigenvalue weighted by Gasteiger charge is 2.14. The fourth-order valence-corrected chi connectivity index (χ4v) is 2.08. The van der Waals surface area contributed by atoms with Crippen LogP contribution in [0.4, 0.5) is 0 Å². The van der Waals surface area contributed by atoms with Crippen molar-refractivity contribution in [3.05, 3.63) is 53.1 Å². The summed E-state index contributed by atoms with van der Waals surface area (Å²) in [7, 11) is 0. The number of aromatic hydroxyl groups is 1. The fourth-order valence-electron chi connectivity index (χ4n) is 1.87. The van der Waals surface area contributed by atoms with Crippen LogP contribution in [0.1, 0.15) is 5.56 Å². The topological polar surface area (TPSA) is 59.2 Å². The average Bonchev–Trinajstić information content (AvgIpc) is 2.92. The van der Waals surface area contributed by atoms with E-state index in [4.69, 9.17) is 16.1 Å². The minimum atomic E-state index is 0.194. The predicted octanol–water partition coefficient (Wildman–Crippen LogP) is 4.07. The van der Waals surface area contributed by atoms with E-state index in [9.17, 15) is 5.11 Å². The van der Waals surface area contributed by atoms with Crippen LogP contribution in [0.5, 0.6) is 5.75 Å². The highest BCUT2D eigenvalue weighted by atomic mass is 35.5. The molecule has 0 saturated heterocycles. The Hall–Kier alpha value is -2.33. The minimum absolute atomic E-state index is 0.194. The Morgan fingerprint density at radius 2 is 1.85 bits per heavy atom. The maximum absolute atomic E-state index is 9.27. The zero-order valence-electron chi connectivity index (χ0n) is 10.7. The Bertz CT molecular complexity index is 751. The second-order valence-corrected chi connectivity index (χ2v) is 4.78. The van der Waals surface area contributed by atoms with E-state index in [1.54, 1.807) is 24.3 Å². The monoisotopic (exact) mass is 286 g/mol. The van der Waals surface area contributed by atoms with Crippen molar-refractivity contribution in [2.45, 2.75) is 6.92 Å². The Morgan fingerprint density at radius 1 is 1.10 bits per heavy atom. The molecule has 0 fully saturated rings. The van der Waals surface area contributed by atoms with Crippen molar-refractivity contribution in [2.75, 3.05) is 0 Å². The van der Waals surface area contributed by atoms with E-state index >= 15 is 0 Å². The molecule has 0 spiro atoms. The molecule has 0 aliphatic carbocycles. The van der Waals surface area contributed by atoms with Crippen LogP contribution in [0.15, 0.2) is 47.0 Å². The zero-order chi connectivity index (χ0) is 14.1. The van der Waals surface area contributed by atoms with Gasteiger partial charge in [0.15, 0.2) is 0 Å². The van der Waals surface area contributed by atoms with Gasteiger partial charge in [0.1, 0.15) is 5.75 Å². The minimum Gasteiger partial charge on any atom is -0.508 e. The van der Waals surface area contributed by atoms with Crippen molar-refractivity contribution in [3.8, 4) is 28.6 Å².